The Morgan fingerprint density at radius 2 is 1.57 bits per heavy atom. The van der Waals surface area contributed by atoms with Gasteiger partial charge in [0.25, 0.3) is 0 Å². The number of ether oxygens (including phenoxy) is 2. The van der Waals surface area contributed by atoms with E-state index in [1.54, 1.807) is 6.07 Å². The van der Waals surface area contributed by atoms with Crippen LogP contribution >= 0.6 is 0 Å². The van der Waals surface area contributed by atoms with Crippen LogP contribution in [0.15, 0.2) is 30.3 Å². The summed E-state index contributed by atoms with van der Waals surface area (Å²) in [6, 6.07) is 6.85. The second kappa shape index (κ2) is 9.35. The van der Waals surface area contributed by atoms with E-state index in [9.17, 15) is 13.2 Å². The lowest BCUT2D eigenvalue weighted by Gasteiger charge is -2.28. The Labute approximate surface area is 164 Å². The van der Waals surface area contributed by atoms with Crippen molar-refractivity contribution in [1.82, 2.24) is 0 Å². The Bertz CT molecular complexity index is 799. The van der Waals surface area contributed by atoms with Gasteiger partial charge in [0.05, 0.1) is 13.7 Å². The summed E-state index contributed by atoms with van der Waals surface area (Å²) in [5, 5.41) is 0. The fraction of sp³-hybridized carbons (Fsp3) is 0.478. The molecule has 0 saturated heterocycles. The third kappa shape index (κ3) is 4.62. The lowest BCUT2D eigenvalue weighted by molar-refractivity contribution is 0.178. The average molecular weight is 392 g/mol. The van der Waals surface area contributed by atoms with E-state index >= 15 is 0 Å². The van der Waals surface area contributed by atoms with Crippen molar-refractivity contribution >= 4 is 0 Å². The second-order valence-electron chi connectivity index (χ2n) is 7.57. The number of rotatable bonds is 7. The van der Waals surface area contributed by atoms with Crippen LogP contribution in [0.25, 0.3) is 11.1 Å². The van der Waals surface area contributed by atoms with Gasteiger partial charge < -0.3 is 9.47 Å². The molecule has 5 heteroatoms. The molecule has 0 bridgehead atoms. The molecule has 0 spiro atoms. The molecule has 2 nitrogen and oxygen atoms in total. The molecule has 2 aromatic carbocycles. The first kappa shape index (κ1) is 20.6. The van der Waals surface area contributed by atoms with E-state index in [0.29, 0.717) is 18.3 Å². The first-order valence-electron chi connectivity index (χ1n) is 9.98. The van der Waals surface area contributed by atoms with Crippen LogP contribution in [0, 0.1) is 29.3 Å². The number of halogens is 3. The molecule has 1 aliphatic carbocycles. The van der Waals surface area contributed by atoms with E-state index < -0.39 is 17.5 Å². The van der Waals surface area contributed by atoms with Gasteiger partial charge in [-0.2, -0.15) is 4.39 Å². The molecule has 1 saturated carbocycles. The summed E-state index contributed by atoms with van der Waals surface area (Å²) in [5.74, 6) is -1.38. The standard InChI is InChI=1S/C23H27F3O2/c1-3-4-15-5-7-16(8-6-15)14-28-17-9-10-18(20(24)13-17)19-11-12-21(27-2)23(26)22(19)25/h9-13,15-16H,3-8,14H2,1-2H3. The van der Waals surface area contributed by atoms with Crippen LogP contribution in [0.2, 0.25) is 0 Å². The van der Waals surface area contributed by atoms with Crippen molar-refractivity contribution in [1.29, 1.82) is 0 Å². The predicted molar refractivity (Wildman–Crippen MR) is 104 cm³/mol. The molecule has 0 N–H and O–H groups in total. The number of benzene rings is 2. The van der Waals surface area contributed by atoms with Crippen molar-refractivity contribution < 1.29 is 22.6 Å². The Morgan fingerprint density at radius 1 is 0.893 bits per heavy atom. The van der Waals surface area contributed by atoms with Gasteiger partial charge in [-0.3, -0.25) is 0 Å². The van der Waals surface area contributed by atoms with Crippen LogP contribution < -0.4 is 9.47 Å². The monoisotopic (exact) mass is 392 g/mol. The fourth-order valence-corrected chi connectivity index (χ4v) is 4.01. The zero-order valence-corrected chi connectivity index (χ0v) is 16.4. The Balaban J connectivity index is 1.64. The van der Waals surface area contributed by atoms with Crippen LogP contribution in [0.5, 0.6) is 11.5 Å². The summed E-state index contributed by atoms with van der Waals surface area (Å²) in [5.41, 5.74) is -0.150. The molecule has 0 radical (unpaired) electrons. The highest BCUT2D eigenvalue weighted by Crippen LogP contribution is 2.34. The zero-order chi connectivity index (χ0) is 20.1. The molecule has 1 aliphatic rings. The quantitative estimate of drug-likeness (QED) is 0.518. The fourth-order valence-electron chi connectivity index (χ4n) is 4.01. The molecule has 0 unspecified atom stereocenters. The highest BCUT2D eigenvalue weighted by atomic mass is 19.2. The van der Waals surface area contributed by atoms with Crippen LogP contribution in [-0.2, 0) is 0 Å². The Kier molecular flexibility index (Phi) is 6.87. The van der Waals surface area contributed by atoms with Gasteiger partial charge in [-0.1, -0.05) is 32.6 Å². The molecular formula is C23H27F3O2. The second-order valence-corrected chi connectivity index (χ2v) is 7.57. The summed E-state index contributed by atoms with van der Waals surface area (Å²) in [6.45, 7) is 2.78. The van der Waals surface area contributed by atoms with Crippen LogP contribution in [0.3, 0.4) is 0 Å². The zero-order valence-electron chi connectivity index (χ0n) is 16.4. The molecule has 2 aromatic rings. The van der Waals surface area contributed by atoms with Gasteiger partial charge in [0, 0.05) is 17.2 Å². The minimum Gasteiger partial charge on any atom is -0.494 e. The largest absolute Gasteiger partial charge is 0.494 e. The van der Waals surface area contributed by atoms with Gasteiger partial charge in [-0.25, -0.2) is 8.78 Å². The van der Waals surface area contributed by atoms with E-state index in [1.165, 1.54) is 57.1 Å². The van der Waals surface area contributed by atoms with Crippen molar-refractivity contribution in [2.45, 2.75) is 45.4 Å². The summed E-state index contributed by atoms with van der Waals surface area (Å²) < 4.78 is 53.2. The van der Waals surface area contributed by atoms with Gasteiger partial charge in [0.15, 0.2) is 11.6 Å². The number of hydrogen-bond acceptors (Lipinski definition) is 2. The third-order valence-corrected chi connectivity index (χ3v) is 5.65. The molecule has 0 amide bonds. The lowest BCUT2D eigenvalue weighted by atomic mass is 9.80. The highest BCUT2D eigenvalue weighted by molar-refractivity contribution is 5.66. The Morgan fingerprint density at radius 3 is 2.21 bits per heavy atom. The van der Waals surface area contributed by atoms with Gasteiger partial charge in [0.1, 0.15) is 11.6 Å². The third-order valence-electron chi connectivity index (χ3n) is 5.65. The maximum atomic E-state index is 14.5. The predicted octanol–water partition coefficient (Wildman–Crippen LogP) is 6.76. The Hall–Kier alpha value is -2.17. The molecule has 3 rings (SSSR count). The normalized spacial score (nSPS) is 19.5. The van der Waals surface area contributed by atoms with Crippen molar-refractivity contribution in [2.24, 2.45) is 11.8 Å². The summed E-state index contributed by atoms with van der Waals surface area (Å²) in [7, 11) is 1.25. The average Bonchev–Trinajstić information content (AvgIpc) is 2.70. The molecule has 0 aromatic heterocycles. The van der Waals surface area contributed by atoms with E-state index in [-0.39, 0.29) is 16.9 Å². The van der Waals surface area contributed by atoms with Gasteiger partial charge in [0.2, 0.25) is 5.82 Å². The van der Waals surface area contributed by atoms with Crippen LogP contribution in [0.1, 0.15) is 45.4 Å². The summed E-state index contributed by atoms with van der Waals surface area (Å²) in [6.07, 6.45) is 7.27. The molecule has 28 heavy (non-hydrogen) atoms. The molecule has 1 fully saturated rings. The molecule has 0 aliphatic heterocycles. The van der Waals surface area contributed by atoms with Crippen LogP contribution in [0.4, 0.5) is 13.2 Å². The van der Waals surface area contributed by atoms with E-state index in [2.05, 4.69) is 6.92 Å². The topological polar surface area (TPSA) is 18.5 Å². The van der Waals surface area contributed by atoms with Crippen LogP contribution in [-0.4, -0.2) is 13.7 Å². The van der Waals surface area contributed by atoms with Crippen molar-refractivity contribution in [3.63, 3.8) is 0 Å². The first-order chi connectivity index (χ1) is 13.5. The molecule has 152 valence electrons. The maximum absolute atomic E-state index is 14.5. The SMILES string of the molecule is CCCC1CCC(COc2ccc(-c3ccc(OC)c(F)c3F)c(F)c2)CC1. The minimum absolute atomic E-state index is 0.00789. The molecular weight excluding hydrogens is 365 g/mol. The van der Waals surface area contributed by atoms with E-state index in [4.69, 9.17) is 9.47 Å². The van der Waals surface area contributed by atoms with E-state index in [0.717, 1.165) is 18.8 Å². The van der Waals surface area contributed by atoms with Gasteiger partial charge in [-0.15, -0.1) is 0 Å². The molecule has 0 atom stereocenters. The minimum atomic E-state index is -1.13. The maximum Gasteiger partial charge on any atom is 0.201 e. The summed E-state index contributed by atoms with van der Waals surface area (Å²) >= 11 is 0. The smallest absolute Gasteiger partial charge is 0.201 e. The van der Waals surface area contributed by atoms with Crippen molar-refractivity contribution in [3.05, 3.63) is 47.8 Å². The molecule has 0 heterocycles. The summed E-state index contributed by atoms with van der Waals surface area (Å²) in [4.78, 5) is 0. The van der Waals surface area contributed by atoms with Crippen molar-refractivity contribution in [2.75, 3.05) is 13.7 Å². The van der Waals surface area contributed by atoms with Gasteiger partial charge >= 0.3 is 0 Å². The lowest BCUT2D eigenvalue weighted by Crippen LogP contribution is -2.20. The van der Waals surface area contributed by atoms with Gasteiger partial charge in [-0.05, 0) is 48.9 Å². The number of hydrogen-bond donors (Lipinski definition) is 0. The first-order valence-corrected chi connectivity index (χ1v) is 9.98. The highest BCUT2D eigenvalue weighted by Gasteiger charge is 2.22. The van der Waals surface area contributed by atoms with Crippen molar-refractivity contribution in [3.8, 4) is 22.6 Å². The van der Waals surface area contributed by atoms with E-state index in [1.807, 2.05) is 0 Å². The number of methoxy groups -OCH3 is 1.